The Kier molecular flexibility index (Phi) is 14.3. The molecule has 0 aromatic heterocycles. The van der Waals surface area contributed by atoms with Gasteiger partial charge in [0, 0.05) is 0 Å². The summed E-state index contributed by atoms with van der Waals surface area (Å²) in [7, 11) is 3.62. The van der Waals surface area contributed by atoms with Gasteiger partial charge in [-0.05, 0) is 0 Å². The molecule has 190 valence electrons. The first kappa shape index (κ1) is 29.2. The van der Waals surface area contributed by atoms with Crippen LogP contribution in [0.25, 0.3) is 0 Å². The van der Waals surface area contributed by atoms with Gasteiger partial charge < -0.3 is 0 Å². The molecule has 0 spiro atoms. The number of methoxy groups -OCH3 is 2. The molecule has 2 aromatic rings. The van der Waals surface area contributed by atoms with E-state index in [9.17, 15) is 0 Å². The predicted octanol–water partition coefficient (Wildman–Crippen LogP) is 4.22. The van der Waals surface area contributed by atoms with Crippen LogP contribution in [0.15, 0.2) is 36.4 Å². The zero-order valence-electron chi connectivity index (χ0n) is 22.1. The van der Waals surface area contributed by atoms with Crippen molar-refractivity contribution in [1.29, 1.82) is 0 Å². The van der Waals surface area contributed by atoms with Gasteiger partial charge in [0.15, 0.2) is 0 Å². The van der Waals surface area contributed by atoms with E-state index >= 15 is 0 Å². The van der Waals surface area contributed by atoms with Crippen molar-refractivity contribution < 1.29 is 9.47 Å². The van der Waals surface area contributed by atoms with E-state index in [1.54, 1.807) is 0 Å². The molecule has 0 radical (unpaired) electrons. The molecule has 0 atom stereocenters. The SMILES string of the molecule is CCCN(CCC)Cc1cccc(OC)c1[Se][Se]c1c(CN(CCC)CCC)cccc1OC. The molecule has 0 saturated carbocycles. The van der Waals surface area contributed by atoms with Crippen molar-refractivity contribution in [2.24, 2.45) is 0 Å². The summed E-state index contributed by atoms with van der Waals surface area (Å²) in [4.78, 5) is 5.17. The Labute approximate surface area is 219 Å². The Morgan fingerprint density at radius 1 is 0.588 bits per heavy atom. The van der Waals surface area contributed by atoms with Crippen molar-refractivity contribution in [3.63, 3.8) is 0 Å². The zero-order valence-corrected chi connectivity index (χ0v) is 25.5. The normalized spacial score (nSPS) is 11.4. The Morgan fingerprint density at radius 2 is 0.941 bits per heavy atom. The van der Waals surface area contributed by atoms with Gasteiger partial charge in [-0.15, -0.1) is 0 Å². The second-order valence-corrected chi connectivity index (χ2v) is 14.7. The number of ether oxygens (including phenoxy) is 2. The molecule has 0 unspecified atom stereocenters. The van der Waals surface area contributed by atoms with Crippen LogP contribution >= 0.6 is 0 Å². The van der Waals surface area contributed by atoms with Crippen molar-refractivity contribution in [3.05, 3.63) is 47.5 Å². The zero-order chi connectivity index (χ0) is 24.8. The molecule has 0 aliphatic rings. The van der Waals surface area contributed by atoms with Crippen LogP contribution in [-0.2, 0) is 13.1 Å². The monoisotopic (exact) mass is 600 g/mol. The fourth-order valence-electron chi connectivity index (χ4n) is 4.25. The molecule has 0 N–H and O–H groups in total. The third-order valence-corrected chi connectivity index (χ3v) is 13.1. The summed E-state index contributed by atoms with van der Waals surface area (Å²) in [5.74, 6) is 2.09. The number of hydrogen-bond acceptors (Lipinski definition) is 4. The fraction of sp³-hybridized carbons (Fsp3) is 0.571. The molecule has 0 heterocycles. The average Bonchev–Trinajstić information content (AvgIpc) is 2.84. The van der Waals surface area contributed by atoms with Crippen LogP contribution < -0.4 is 18.4 Å². The van der Waals surface area contributed by atoms with Gasteiger partial charge in [-0.2, -0.15) is 0 Å². The maximum atomic E-state index is 5.86. The van der Waals surface area contributed by atoms with Crippen molar-refractivity contribution in [1.82, 2.24) is 9.80 Å². The predicted molar refractivity (Wildman–Crippen MR) is 148 cm³/mol. The average molecular weight is 599 g/mol. The van der Waals surface area contributed by atoms with E-state index in [2.05, 4.69) is 73.9 Å². The van der Waals surface area contributed by atoms with Gasteiger partial charge >= 0.3 is 220 Å². The quantitative estimate of drug-likeness (QED) is 0.255. The Bertz CT molecular complexity index is 766. The van der Waals surface area contributed by atoms with Gasteiger partial charge in [-0.1, -0.05) is 0 Å². The van der Waals surface area contributed by atoms with Crippen molar-refractivity contribution in [2.75, 3.05) is 40.4 Å². The molecule has 2 aromatic carbocycles. The second kappa shape index (κ2) is 16.6. The third kappa shape index (κ3) is 8.90. The number of rotatable bonds is 17. The standard InChI is InChI=1S/C28H44N2O2Se2/c1-7-17-29(18-8-2)21-23-13-11-15-25(31-5)27(23)33-34-28-24(14-12-16-26(28)32-6)22-30(19-9-3)20-10-4/h11-16H,7-10,17-22H2,1-6H3. The van der Waals surface area contributed by atoms with E-state index in [0.717, 1.165) is 50.8 Å². The van der Waals surface area contributed by atoms with Crippen LogP contribution in [0.4, 0.5) is 0 Å². The summed E-state index contributed by atoms with van der Waals surface area (Å²) in [6, 6.07) is 13.2. The molecular weight excluding hydrogens is 554 g/mol. The van der Waals surface area contributed by atoms with E-state index in [1.807, 2.05) is 14.2 Å². The van der Waals surface area contributed by atoms with E-state index in [4.69, 9.17) is 9.47 Å². The topological polar surface area (TPSA) is 24.9 Å². The van der Waals surface area contributed by atoms with Crippen molar-refractivity contribution >= 4 is 35.2 Å². The van der Waals surface area contributed by atoms with Gasteiger partial charge in [0.1, 0.15) is 0 Å². The van der Waals surface area contributed by atoms with E-state index in [1.165, 1.54) is 45.7 Å². The van der Waals surface area contributed by atoms with E-state index < -0.39 is 0 Å². The summed E-state index contributed by atoms with van der Waals surface area (Å²) in [5.41, 5.74) is 2.86. The van der Waals surface area contributed by atoms with Crippen LogP contribution in [0.2, 0.25) is 0 Å². The van der Waals surface area contributed by atoms with Crippen LogP contribution in [0.3, 0.4) is 0 Å². The molecule has 0 saturated heterocycles. The van der Waals surface area contributed by atoms with Gasteiger partial charge in [0.2, 0.25) is 0 Å². The van der Waals surface area contributed by atoms with E-state index in [-0.39, 0.29) is 0 Å². The number of hydrogen-bond donors (Lipinski definition) is 0. The summed E-state index contributed by atoms with van der Waals surface area (Å²) in [5, 5.41) is 0. The summed E-state index contributed by atoms with van der Waals surface area (Å²) in [6.45, 7) is 15.7. The second-order valence-electron chi connectivity index (χ2n) is 8.62. The van der Waals surface area contributed by atoms with Crippen molar-refractivity contribution in [2.45, 2.75) is 66.5 Å². The molecule has 0 fully saturated rings. The van der Waals surface area contributed by atoms with Crippen LogP contribution in [0, 0.1) is 0 Å². The summed E-state index contributed by atoms with van der Waals surface area (Å²) in [6.07, 6.45) is 4.74. The maximum absolute atomic E-state index is 5.86. The van der Waals surface area contributed by atoms with Crippen LogP contribution in [-0.4, -0.2) is 76.5 Å². The van der Waals surface area contributed by atoms with Gasteiger partial charge in [-0.25, -0.2) is 0 Å². The number of benzene rings is 2. The van der Waals surface area contributed by atoms with Gasteiger partial charge in [0.05, 0.1) is 0 Å². The summed E-state index contributed by atoms with van der Waals surface area (Å²) >= 11 is 0.617. The van der Waals surface area contributed by atoms with Crippen molar-refractivity contribution in [3.8, 4) is 11.5 Å². The molecule has 6 heteroatoms. The molecule has 0 amide bonds. The Balaban J connectivity index is 2.33. The molecule has 0 bridgehead atoms. The number of nitrogens with zero attached hydrogens (tertiary/aromatic N) is 2. The molecule has 2 rings (SSSR count). The minimum atomic E-state index is 0.308. The molecule has 0 aliphatic heterocycles. The molecule has 4 nitrogen and oxygen atoms in total. The first-order valence-electron chi connectivity index (χ1n) is 12.7. The minimum absolute atomic E-state index is 0.308. The van der Waals surface area contributed by atoms with Crippen LogP contribution in [0.1, 0.15) is 64.5 Å². The Hall–Kier alpha value is -1.00. The molecule has 34 heavy (non-hydrogen) atoms. The first-order chi connectivity index (χ1) is 16.6. The van der Waals surface area contributed by atoms with Gasteiger partial charge in [-0.3, -0.25) is 0 Å². The fourth-order valence-corrected chi connectivity index (χ4v) is 12.5. The molecule has 0 aliphatic carbocycles. The van der Waals surface area contributed by atoms with Gasteiger partial charge in [0.25, 0.3) is 0 Å². The van der Waals surface area contributed by atoms with Crippen LogP contribution in [0.5, 0.6) is 11.5 Å². The third-order valence-electron chi connectivity index (χ3n) is 5.72. The first-order valence-corrected chi connectivity index (χ1v) is 18.8. The summed E-state index contributed by atoms with van der Waals surface area (Å²) < 4.78 is 14.6. The van der Waals surface area contributed by atoms with E-state index in [0.29, 0.717) is 26.3 Å². The Morgan fingerprint density at radius 3 is 1.24 bits per heavy atom. The molecular formula is C28H44N2O2Se2.